The molecule has 0 aromatic heterocycles. The molecule has 3 aliphatic carbocycles. The van der Waals surface area contributed by atoms with E-state index in [0.29, 0.717) is 25.0 Å². The van der Waals surface area contributed by atoms with Gasteiger partial charge in [-0.1, -0.05) is 88.4 Å². The van der Waals surface area contributed by atoms with Crippen LogP contribution in [-0.2, 0) is 25.0 Å². The Hall–Kier alpha value is -2.78. The summed E-state index contributed by atoms with van der Waals surface area (Å²) in [7, 11) is 0. The predicted molar refractivity (Wildman–Crippen MR) is 152 cm³/mol. The van der Waals surface area contributed by atoms with E-state index in [2.05, 4.69) is 88.4 Å². The van der Waals surface area contributed by atoms with Crippen LogP contribution in [0.15, 0.2) is 72.8 Å². The number of hydrogen-bond donors (Lipinski definition) is 1. The minimum absolute atomic E-state index is 0.0559. The SMILES string of the molecule is CC12CC[C@H]3C(C)(C)C(O)CCC3(C)C1Cc1cc(OCc3ccccc3)cc(OCc3ccccc3)c12. The van der Waals surface area contributed by atoms with Gasteiger partial charge in [-0.15, -0.1) is 0 Å². The van der Waals surface area contributed by atoms with Gasteiger partial charge in [0.05, 0.1) is 6.10 Å². The molecule has 3 heteroatoms. The van der Waals surface area contributed by atoms with Gasteiger partial charge in [0.2, 0.25) is 0 Å². The van der Waals surface area contributed by atoms with Gasteiger partial charge in [-0.05, 0) is 77.5 Å². The normalized spacial score (nSPS) is 31.1. The lowest BCUT2D eigenvalue weighted by atomic mass is 9.43. The molecule has 0 spiro atoms. The number of aliphatic hydroxyl groups excluding tert-OH is 1. The molecule has 0 saturated heterocycles. The van der Waals surface area contributed by atoms with E-state index < -0.39 is 0 Å². The molecule has 200 valence electrons. The molecule has 0 bridgehead atoms. The zero-order valence-corrected chi connectivity index (χ0v) is 23.4. The van der Waals surface area contributed by atoms with Gasteiger partial charge in [-0.2, -0.15) is 0 Å². The fourth-order valence-electron chi connectivity index (χ4n) is 8.65. The maximum atomic E-state index is 10.9. The maximum Gasteiger partial charge on any atom is 0.127 e. The van der Waals surface area contributed by atoms with E-state index in [9.17, 15) is 5.11 Å². The summed E-state index contributed by atoms with van der Waals surface area (Å²) in [5.41, 5.74) is 5.32. The molecular formula is C35H42O3. The molecule has 38 heavy (non-hydrogen) atoms. The Morgan fingerprint density at radius 1 is 0.763 bits per heavy atom. The van der Waals surface area contributed by atoms with Gasteiger partial charge in [0.1, 0.15) is 24.7 Å². The summed E-state index contributed by atoms with van der Waals surface area (Å²) in [5.74, 6) is 2.92. The molecule has 1 N–H and O–H groups in total. The first-order chi connectivity index (χ1) is 18.2. The lowest BCUT2D eigenvalue weighted by molar-refractivity contribution is -0.151. The van der Waals surface area contributed by atoms with Crippen LogP contribution in [0.2, 0.25) is 0 Å². The number of ether oxygens (including phenoxy) is 2. The van der Waals surface area contributed by atoms with Gasteiger partial charge in [0, 0.05) is 17.0 Å². The van der Waals surface area contributed by atoms with Crippen LogP contribution in [0.25, 0.3) is 0 Å². The van der Waals surface area contributed by atoms with E-state index in [1.54, 1.807) is 0 Å². The van der Waals surface area contributed by atoms with E-state index in [1.807, 2.05) is 12.1 Å². The number of aliphatic hydroxyl groups is 1. The molecule has 4 unspecified atom stereocenters. The van der Waals surface area contributed by atoms with Crippen molar-refractivity contribution in [3.63, 3.8) is 0 Å². The smallest absolute Gasteiger partial charge is 0.127 e. The number of fused-ring (bicyclic) bond motifs is 5. The summed E-state index contributed by atoms with van der Waals surface area (Å²) in [6.45, 7) is 10.7. The van der Waals surface area contributed by atoms with Crippen molar-refractivity contribution in [2.75, 3.05) is 0 Å². The molecular weight excluding hydrogens is 468 g/mol. The lowest BCUT2D eigenvalue weighted by Crippen LogP contribution is -2.58. The average Bonchev–Trinajstić information content (AvgIpc) is 3.23. The van der Waals surface area contributed by atoms with Crippen molar-refractivity contribution in [2.24, 2.45) is 22.7 Å². The third kappa shape index (κ3) is 4.14. The number of hydrogen-bond acceptors (Lipinski definition) is 3. The minimum Gasteiger partial charge on any atom is -0.489 e. The van der Waals surface area contributed by atoms with Gasteiger partial charge in [0.15, 0.2) is 0 Å². The third-order valence-corrected chi connectivity index (χ3v) is 10.7. The molecule has 5 atom stereocenters. The molecule has 0 heterocycles. The van der Waals surface area contributed by atoms with Crippen molar-refractivity contribution in [3.05, 3.63) is 95.1 Å². The standard InChI is InChI=1S/C35H42O3/c1-33(2)29-15-17-35(4)30(34(29,3)18-16-31(33)36)20-26-19-27(37-22-24-11-7-5-8-12-24)21-28(32(26)35)38-23-25-13-9-6-10-14-25/h5-14,19,21,29-31,36H,15-18,20,22-23H2,1-4H3/t29-,30?,31?,34?,35?/m0/s1. The van der Waals surface area contributed by atoms with Crippen molar-refractivity contribution in [3.8, 4) is 11.5 Å². The van der Waals surface area contributed by atoms with Crippen LogP contribution in [-0.4, -0.2) is 11.2 Å². The molecule has 2 saturated carbocycles. The molecule has 3 aromatic rings. The zero-order valence-electron chi connectivity index (χ0n) is 23.4. The number of rotatable bonds is 6. The highest BCUT2D eigenvalue weighted by molar-refractivity contribution is 5.55. The first-order valence-electron chi connectivity index (χ1n) is 14.4. The highest BCUT2D eigenvalue weighted by Crippen LogP contribution is 2.68. The van der Waals surface area contributed by atoms with Gasteiger partial charge in [-0.25, -0.2) is 0 Å². The molecule has 3 aromatic carbocycles. The largest absolute Gasteiger partial charge is 0.489 e. The van der Waals surface area contributed by atoms with Crippen molar-refractivity contribution >= 4 is 0 Å². The van der Waals surface area contributed by atoms with Crippen molar-refractivity contribution in [1.29, 1.82) is 0 Å². The van der Waals surface area contributed by atoms with Crippen molar-refractivity contribution in [1.82, 2.24) is 0 Å². The summed E-state index contributed by atoms with van der Waals surface area (Å²) >= 11 is 0. The van der Waals surface area contributed by atoms with E-state index in [1.165, 1.54) is 22.3 Å². The molecule has 0 radical (unpaired) electrons. The Morgan fingerprint density at radius 3 is 2.05 bits per heavy atom. The summed E-state index contributed by atoms with van der Waals surface area (Å²) < 4.78 is 13.0. The summed E-state index contributed by atoms with van der Waals surface area (Å²) in [6.07, 6.45) is 5.11. The van der Waals surface area contributed by atoms with Gasteiger partial charge < -0.3 is 14.6 Å². The third-order valence-electron chi connectivity index (χ3n) is 10.7. The van der Waals surface area contributed by atoms with Crippen LogP contribution in [0, 0.1) is 22.7 Å². The Bertz CT molecular complexity index is 1280. The fourth-order valence-corrected chi connectivity index (χ4v) is 8.65. The Morgan fingerprint density at radius 2 is 1.39 bits per heavy atom. The molecule has 0 aliphatic heterocycles. The first-order valence-corrected chi connectivity index (χ1v) is 14.4. The topological polar surface area (TPSA) is 38.7 Å². The molecule has 2 fully saturated rings. The fraction of sp³-hybridized carbons (Fsp3) is 0.486. The van der Waals surface area contributed by atoms with Gasteiger partial charge in [-0.3, -0.25) is 0 Å². The van der Waals surface area contributed by atoms with Crippen LogP contribution < -0.4 is 9.47 Å². The van der Waals surface area contributed by atoms with Crippen LogP contribution in [0.3, 0.4) is 0 Å². The summed E-state index contributed by atoms with van der Waals surface area (Å²) in [6, 6.07) is 25.2. The van der Waals surface area contributed by atoms with Crippen LogP contribution in [0.5, 0.6) is 11.5 Å². The minimum atomic E-state index is -0.212. The Kier molecular flexibility index (Phi) is 6.34. The second-order valence-corrected chi connectivity index (χ2v) is 13.2. The average molecular weight is 511 g/mol. The highest BCUT2D eigenvalue weighted by Gasteiger charge is 2.63. The van der Waals surface area contributed by atoms with Gasteiger partial charge in [0.25, 0.3) is 0 Å². The number of benzene rings is 3. The van der Waals surface area contributed by atoms with E-state index in [-0.39, 0.29) is 22.3 Å². The van der Waals surface area contributed by atoms with Crippen molar-refractivity contribution in [2.45, 2.75) is 84.5 Å². The first kappa shape index (κ1) is 25.5. The Balaban J connectivity index is 1.37. The quantitative estimate of drug-likeness (QED) is 0.367. The lowest BCUT2D eigenvalue weighted by Gasteiger charge is -2.62. The monoisotopic (exact) mass is 510 g/mol. The second kappa shape index (κ2) is 9.45. The molecule has 3 nitrogen and oxygen atoms in total. The summed E-state index contributed by atoms with van der Waals surface area (Å²) in [4.78, 5) is 0. The maximum absolute atomic E-state index is 10.9. The molecule has 6 rings (SSSR count). The Labute approximate surface area is 228 Å². The van der Waals surface area contributed by atoms with Crippen LogP contribution >= 0.6 is 0 Å². The zero-order chi connectivity index (χ0) is 26.5. The molecule has 3 aliphatic rings. The van der Waals surface area contributed by atoms with Gasteiger partial charge >= 0.3 is 0 Å². The summed E-state index contributed by atoms with van der Waals surface area (Å²) in [5, 5.41) is 10.9. The van der Waals surface area contributed by atoms with E-state index in [4.69, 9.17) is 9.47 Å². The highest BCUT2D eigenvalue weighted by atomic mass is 16.5. The van der Waals surface area contributed by atoms with Crippen molar-refractivity contribution < 1.29 is 14.6 Å². The molecule has 0 amide bonds. The second-order valence-electron chi connectivity index (χ2n) is 13.2. The van der Waals surface area contributed by atoms with Crippen LogP contribution in [0.1, 0.15) is 75.6 Å². The van der Waals surface area contributed by atoms with E-state index in [0.717, 1.165) is 43.6 Å². The van der Waals surface area contributed by atoms with Crippen LogP contribution in [0.4, 0.5) is 0 Å². The predicted octanol–water partition coefficient (Wildman–Crippen LogP) is 7.87. The van der Waals surface area contributed by atoms with E-state index >= 15 is 0 Å².